The van der Waals surface area contributed by atoms with Gasteiger partial charge >= 0.3 is 0 Å². The summed E-state index contributed by atoms with van der Waals surface area (Å²) in [6.07, 6.45) is 13.2. The summed E-state index contributed by atoms with van der Waals surface area (Å²) in [5, 5.41) is 13.4. The monoisotopic (exact) mass is 297 g/mol. The van der Waals surface area contributed by atoms with Gasteiger partial charge in [-0.15, -0.1) is 0 Å². The minimum absolute atomic E-state index is 0.348. The van der Waals surface area contributed by atoms with Crippen LogP contribution in [-0.4, -0.2) is 37.0 Å². The summed E-state index contributed by atoms with van der Waals surface area (Å²) in [5.41, 5.74) is 0. The van der Waals surface area contributed by atoms with Crippen molar-refractivity contribution in [3.8, 4) is 0 Å². The molecule has 21 heavy (non-hydrogen) atoms. The van der Waals surface area contributed by atoms with Crippen LogP contribution in [0, 0.1) is 11.8 Å². The molecule has 2 saturated carbocycles. The van der Waals surface area contributed by atoms with E-state index < -0.39 is 0 Å². The van der Waals surface area contributed by atoms with E-state index in [0.29, 0.717) is 19.3 Å². The molecule has 0 aromatic carbocycles. The van der Waals surface area contributed by atoms with Crippen molar-refractivity contribution in [2.24, 2.45) is 11.8 Å². The zero-order valence-corrected chi connectivity index (χ0v) is 13.9. The maximum absolute atomic E-state index is 10.0. The third kappa shape index (κ3) is 6.66. The van der Waals surface area contributed by atoms with E-state index in [9.17, 15) is 5.11 Å². The average molecular weight is 297 g/mol. The van der Waals surface area contributed by atoms with Crippen LogP contribution in [0.15, 0.2) is 0 Å². The standard InChI is InChI=1S/C18H35NO2/c1-2-15-8-10-16(11-9-15)12-19-13-17(20)14-21-18-6-4-3-5-7-18/h15-20H,2-14H2,1H3. The molecule has 2 aliphatic rings. The first-order chi connectivity index (χ1) is 10.3. The molecule has 0 radical (unpaired) electrons. The number of aliphatic hydroxyl groups excluding tert-OH is 1. The van der Waals surface area contributed by atoms with Crippen molar-refractivity contribution in [3.63, 3.8) is 0 Å². The highest BCUT2D eigenvalue weighted by Gasteiger charge is 2.20. The Morgan fingerprint density at radius 1 is 1.00 bits per heavy atom. The van der Waals surface area contributed by atoms with Crippen molar-refractivity contribution in [2.45, 2.75) is 83.3 Å². The number of aliphatic hydroxyl groups is 1. The molecule has 3 nitrogen and oxygen atoms in total. The van der Waals surface area contributed by atoms with Gasteiger partial charge in [-0.1, -0.05) is 45.4 Å². The van der Waals surface area contributed by atoms with E-state index in [0.717, 1.165) is 18.4 Å². The van der Waals surface area contributed by atoms with Gasteiger partial charge < -0.3 is 15.2 Å². The first kappa shape index (κ1) is 17.2. The van der Waals surface area contributed by atoms with Crippen LogP contribution >= 0.6 is 0 Å². The van der Waals surface area contributed by atoms with Gasteiger partial charge in [0.2, 0.25) is 0 Å². The van der Waals surface area contributed by atoms with E-state index in [2.05, 4.69) is 12.2 Å². The maximum Gasteiger partial charge on any atom is 0.0897 e. The number of ether oxygens (including phenoxy) is 1. The molecule has 0 spiro atoms. The molecule has 2 N–H and O–H groups in total. The third-order valence-corrected chi connectivity index (χ3v) is 5.43. The molecule has 0 aliphatic heterocycles. The average Bonchev–Trinajstić information content (AvgIpc) is 2.54. The maximum atomic E-state index is 10.0. The van der Waals surface area contributed by atoms with E-state index in [4.69, 9.17) is 4.74 Å². The Bertz CT molecular complexity index is 258. The lowest BCUT2D eigenvalue weighted by molar-refractivity contribution is -0.0232. The Hall–Kier alpha value is -0.120. The van der Waals surface area contributed by atoms with Crippen LogP contribution in [0.3, 0.4) is 0 Å². The van der Waals surface area contributed by atoms with Gasteiger partial charge in [0.15, 0.2) is 0 Å². The van der Waals surface area contributed by atoms with Gasteiger partial charge in [-0.3, -0.25) is 0 Å². The lowest BCUT2D eigenvalue weighted by atomic mass is 9.81. The summed E-state index contributed by atoms with van der Waals surface area (Å²) in [6.45, 7) is 4.56. The Kier molecular flexibility index (Phi) is 8.05. The Labute approximate surface area is 130 Å². The molecule has 0 bridgehead atoms. The molecule has 2 rings (SSSR count). The molecule has 0 heterocycles. The van der Waals surface area contributed by atoms with Crippen LogP contribution in [-0.2, 0) is 4.74 Å². The van der Waals surface area contributed by atoms with Gasteiger partial charge in [0.25, 0.3) is 0 Å². The Morgan fingerprint density at radius 2 is 1.67 bits per heavy atom. The zero-order valence-electron chi connectivity index (χ0n) is 13.9. The number of nitrogens with one attached hydrogen (secondary N) is 1. The summed E-state index contributed by atoms with van der Waals surface area (Å²) in [7, 11) is 0. The van der Waals surface area contributed by atoms with Crippen LogP contribution in [0.5, 0.6) is 0 Å². The normalized spacial score (nSPS) is 29.4. The van der Waals surface area contributed by atoms with Crippen molar-refractivity contribution in [2.75, 3.05) is 19.7 Å². The minimum atomic E-state index is -0.348. The Balaban J connectivity index is 1.48. The largest absolute Gasteiger partial charge is 0.389 e. The van der Waals surface area contributed by atoms with Crippen molar-refractivity contribution < 1.29 is 9.84 Å². The van der Waals surface area contributed by atoms with Crippen molar-refractivity contribution in [1.29, 1.82) is 0 Å². The molecule has 1 unspecified atom stereocenters. The highest BCUT2D eigenvalue weighted by atomic mass is 16.5. The van der Waals surface area contributed by atoms with Crippen molar-refractivity contribution in [1.82, 2.24) is 5.32 Å². The van der Waals surface area contributed by atoms with Crippen LogP contribution in [0.4, 0.5) is 0 Å². The predicted molar refractivity (Wildman–Crippen MR) is 87.4 cm³/mol. The molecule has 2 fully saturated rings. The van der Waals surface area contributed by atoms with E-state index in [1.54, 1.807) is 0 Å². The lowest BCUT2D eigenvalue weighted by Crippen LogP contribution is -2.35. The lowest BCUT2D eigenvalue weighted by Gasteiger charge is -2.28. The van der Waals surface area contributed by atoms with E-state index >= 15 is 0 Å². The molecule has 3 heteroatoms. The topological polar surface area (TPSA) is 41.5 Å². The molecule has 0 aromatic rings. The van der Waals surface area contributed by atoms with Crippen molar-refractivity contribution in [3.05, 3.63) is 0 Å². The molecule has 0 saturated heterocycles. The van der Waals surface area contributed by atoms with Crippen LogP contribution in [0.2, 0.25) is 0 Å². The molecule has 124 valence electrons. The van der Waals surface area contributed by atoms with Gasteiger partial charge in [-0.05, 0) is 44.1 Å². The molecule has 0 amide bonds. The third-order valence-electron chi connectivity index (χ3n) is 5.43. The van der Waals surface area contributed by atoms with Gasteiger partial charge in [0.05, 0.1) is 18.8 Å². The van der Waals surface area contributed by atoms with Gasteiger partial charge in [-0.2, -0.15) is 0 Å². The quantitative estimate of drug-likeness (QED) is 0.720. The predicted octanol–water partition coefficient (Wildman–Crippen LogP) is 3.50. The van der Waals surface area contributed by atoms with Gasteiger partial charge in [0, 0.05) is 6.54 Å². The van der Waals surface area contributed by atoms with Crippen LogP contribution < -0.4 is 5.32 Å². The summed E-state index contributed by atoms with van der Waals surface area (Å²) >= 11 is 0. The highest BCUT2D eigenvalue weighted by molar-refractivity contribution is 4.74. The fourth-order valence-corrected chi connectivity index (χ4v) is 3.84. The second kappa shape index (κ2) is 9.81. The van der Waals surface area contributed by atoms with E-state index in [-0.39, 0.29) is 6.10 Å². The highest BCUT2D eigenvalue weighted by Crippen LogP contribution is 2.30. The summed E-state index contributed by atoms with van der Waals surface area (Å²) in [5.74, 6) is 1.79. The minimum Gasteiger partial charge on any atom is -0.389 e. The van der Waals surface area contributed by atoms with Gasteiger partial charge in [0.1, 0.15) is 0 Å². The molecular formula is C18H35NO2. The van der Waals surface area contributed by atoms with Crippen molar-refractivity contribution >= 4 is 0 Å². The van der Waals surface area contributed by atoms with Crippen LogP contribution in [0.25, 0.3) is 0 Å². The summed E-state index contributed by atoms with van der Waals surface area (Å²) in [4.78, 5) is 0. The number of hydrogen-bond acceptors (Lipinski definition) is 3. The second-order valence-corrected chi connectivity index (χ2v) is 7.20. The fourth-order valence-electron chi connectivity index (χ4n) is 3.84. The zero-order chi connectivity index (χ0) is 14.9. The molecular weight excluding hydrogens is 262 g/mol. The molecule has 0 aromatic heterocycles. The summed E-state index contributed by atoms with van der Waals surface area (Å²) < 4.78 is 5.83. The smallest absolute Gasteiger partial charge is 0.0897 e. The first-order valence-electron chi connectivity index (χ1n) is 9.28. The van der Waals surface area contributed by atoms with Gasteiger partial charge in [-0.25, -0.2) is 0 Å². The molecule has 2 aliphatic carbocycles. The molecule has 1 atom stereocenters. The first-order valence-corrected chi connectivity index (χ1v) is 9.28. The second-order valence-electron chi connectivity index (χ2n) is 7.20. The van der Waals surface area contributed by atoms with Crippen LogP contribution in [0.1, 0.15) is 71.1 Å². The van der Waals surface area contributed by atoms with E-state index in [1.165, 1.54) is 64.2 Å². The number of rotatable bonds is 8. The fraction of sp³-hybridized carbons (Fsp3) is 1.00. The van der Waals surface area contributed by atoms with E-state index in [1.807, 2.05) is 0 Å². The summed E-state index contributed by atoms with van der Waals surface area (Å²) in [6, 6.07) is 0. The SMILES string of the molecule is CCC1CCC(CNCC(O)COC2CCCCC2)CC1. The number of hydrogen-bond donors (Lipinski definition) is 2. The Morgan fingerprint density at radius 3 is 2.33 bits per heavy atom.